The fraction of sp³-hybridized carbons (Fsp3) is 0.625. The highest BCUT2D eigenvalue weighted by Crippen LogP contribution is 2.37. The molecule has 1 fully saturated rings. The summed E-state index contributed by atoms with van der Waals surface area (Å²) >= 11 is 0. The number of benzene rings is 1. The maximum Gasteiger partial charge on any atom is 0.118 e. The number of rotatable bonds is 7. The van der Waals surface area contributed by atoms with E-state index >= 15 is 0 Å². The highest BCUT2D eigenvalue weighted by atomic mass is 32.2. The number of nitrogens with one attached hydrogen (secondary N) is 1. The molecule has 1 aromatic carbocycles. The lowest BCUT2D eigenvalue weighted by molar-refractivity contribution is 0.290. The topological polar surface area (TPSA) is 38.3 Å². The highest BCUT2D eigenvalue weighted by molar-refractivity contribution is 7.84. The van der Waals surface area contributed by atoms with E-state index in [0.717, 1.165) is 18.7 Å². The molecule has 20 heavy (non-hydrogen) atoms. The smallest absolute Gasteiger partial charge is 0.118 e. The van der Waals surface area contributed by atoms with Gasteiger partial charge in [0.1, 0.15) is 5.75 Å². The van der Waals surface area contributed by atoms with E-state index in [1.54, 1.807) is 13.4 Å². The summed E-state index contributed by atoms with van der Waals surface area (Å²) in [6.45, 7) is 3.03. The molecule has 0 heterocycles. The van der Waals surface area contributed by atoms with Crippen LogP contribution in [0.15, 0.2) is 24.3 Å². The van der Waals surface area contributed by atoms with Gasteiger partial charge >= 0.3 is 0 Å². The summed E-state index contributed by atoms with van der Waals surface area (Å²) in [6.07, 6.45) is 5.19. The maximum atomic E-state index is 11.3. The van der Waals surface area contributed by atoms with E-state index in [1.807, 2.05) is 12.1 Å². The molecule has 112 valence electrons. The number of methoxy groups -OCH3 is 1. The van der Waals surface area contributed by atoms with E-state index in [0.29, 0.717) is 17.2 Å². The zero-order valence-electron chi connectivity index (χ0n) is 12.6. The lowest BCUT2D eigenvalue weighted by atomic mass is 9.76. The fourth-order valence-electron chi connectivity index (χ4n) is 2.59. The van der Waals surface area contributed by atoms with Gasteiger partial charge in [0.25, 0.3) is 0 Å². The molecule has 1 aliphatic carbocycles. The van der Waals surface area contributed by atoms with Crippen molar-refractivity contribution in [1.29, 1.82) is 0 Å². The molecule has 0 aromatic heterocycles. The standard InChI is InChI=1S/C16H25NO2S/c1-12(20(3)18)8-9-17-15-10-14(11-15)13-4-6-16(19-2)7-5-13/h4-7,12,14-15,17H,8-11H2,1-3H3. The average Bonchev–Trinajstić information content (AvgIpc) is 2.41. The van der Waals surface area contributed by atoms with Crippen molar-refractivity contribution < 1.29 is 8.95 Å². The van der Waals surface area contributed by atoms with Gasteiger partial charge in [-0.15, -0.1) is 0 Å². The van der Waals surface area contributed by atoms with E-state index in [4.69, 9.17) is 4.74 Å². The van der Waals surface area contributed by atoms with Gasteiger partial charge in [0, 0.05) is 28.3 Å². The minimum absolute atomic E-state index is 0.292. The van der Waals surface area contributed by atoms with Crippen LogP contribution in [0.5, 0.6) is 5.75 Å². The molecule has 1 saturated carbocycles. The van der Waals surface area contributed by atoms with Gasteiger partial charge in [-0.25, -0.2) is 0 Å². The van der Waals surface area contributed by atoms with Gasteiger partial charge in [-0.05, 0) is 49.4 Å². The molecule has 1 aliphatic rings. The fourth-order valence-corrected chi connectivity index (χ4v) is 3.04. The molecule has 1 aromatic rings. The molecule has 2 unspecified atom stereocenters. The van der Waals surface area contributed by atoms with E-state index in [9.17, 15) is 4.21 Å². The SMILES string of the molecule is COc1ccc(C2CC(NCCC(C)S(C)=O)C2)cc1. The van der Waals surface area contributed by atoms with Crippen LogP contribution in [0.1, 0.15) is 37.7 Å². The van der Waals surface area contributed by atoms with Gasteiger partial charge in [-0.3, -0.25) is 4.21 Å². The van der Waals surface area contributed by atoms with Crippen LogP contribution in [0.25, 0.3) is 0 Å². The Hall–Kier alpha value is -0.870. The van der Waals surface area contributed by atoms with Crippen molar-refractivity contribution in [2.75, 3.05) is 19.9 Å². The summed E-state index contributed by atoms with van der Waals surface area (Å²) in [5.74, 6) is 1.60. The average molecular weight is 295 g/mol. The molecule has 0 bridgehead atoms. The Morgan fingerprint density at radius 3 is 2.55 bits per heavy atom. The van der Waals surface area contributed by atoms with Crippen LogP contribution >= 0.6 is 0 Å². The molecule has 0 amide bonds. The predicted molar refractivity (Wildman–Crippen MR) is 84.9 cm³/mol. The molecule has 3 nitrogen and oxygen atoms in total. The first kappa shape index (κ1) is 15.5. The van der Waals surface area contributed by atoms with Crippen LogP contribution in [-0.4, -0.2) is 35.4 Å². The largest absolute Gasteiger partial charge is 0.497 e. The molecule has 1 N–H and O–H groups in total. The Bertz CT molecular complexity index is 440. The third kappa shape index (κ3) is 4.06. The third-order valence-corrected chi connectivity index (χ3v) is 5.64. The van der Waals surface area contributed by atoms with Gasteiger partial charge in [0.15, 0.2) is 0 Å². The van der Waals surface area contributed by atoms with Gasteiger partial charge in [0.05, 0.1) is 7.11 Å². The third-order valence-electron chi connectivity index (χ3n) is 4.28. The molecule has 4 heteroatoms. The van der Waals surface area contributed by atoms with Crippen LogP contribution in [0.3, 0.4) is 0 Å². The summed E-state index contributed by atoms with van der Waals surface area (Å²) in [4.78, 5) is 0. The lowest BCUT2D eigenvalue weighted by Crippen LogP contribution is -2.41. The first-order chi connectivity index (χ1) is 9.60. The minimum Gasteiger partial charge on any atom is -0.497 e. The minimum atomic E-state index is -0.701. The Labute approximate surface area is 124 Å². The van der Waals surface area contributed by atoms with Crippen LogP contribution in [-0.2, 0) is 10.8 Å². The van der Waals surface area contributed by atoms with Crippen molar-refractivity contribution in [2.24, 2.45) is 0 Å². The van der Waals surface area contributed by atoms with E-state index in [2.05, 4.69) is 24.4 Å². The van der Waals surface area contributed by atoms with Crippen LogP contribution in [0.2, 0.25) is 0 Å². The summed E-state index contributed by atoms with van der Waals surface area (Å²) in [6, 6.07) is 9.03. The van der Waals surface area contributed by atoms with E-state index < -0.39 is 10.8 Å². The first-order valence-electron chi connectivity index (χ1n) is 7.29. The monoisotopic (exact) mass is 295 g/mol. The highest BCUT2D eigenvalue weighted by Gasteiger charge is 2.29. The molecule has 0 spiro atoms. The summed E-state index contributed by atoms with van der Waals surface area (Å²) in [5, 5.41) is 3.86. The lowest BCUT2D eigenvalue weighted by Gasteiger charge is -2.36. The Morgan fingerprint density at radius 1 is 1.35 bits per heavy atom. The van der Waals surface area contributed by atoms with Crippen molar-refractivity contribution in [3.63, 3.8) is 0 Å². The summed E-state index contributed by atoms with van der Waals surface area (Å²) < 4.78 is 16.4. The van der Waals surface area contributed by atoms with E-state index in [-0.39, 0.29) is 0 Å². The van der Waals surface area contributed by atoms with Crippen LogP contribution in [0, 0.1) is 0 Å². The van der Waals surface area contributed by atoms with Crippen molar-refractivity contribution >= 4 is 10.8 Å². The Kier molecular flexibility index (Phi) is 5.61. The summed E-state index contributed by atoms with van der Waals surface area (Å²) in [7, 11) is 0.996. The normalized spacial score (nSPS) is 24.8. The second kappa shape index (κ2) is 7.23. The van der Waals surface area contributed by atoms with E-state index in [1.165, 1.54) is 18.4 Å². The molecular weight excluding hydrogens is 270 g/mol. The molecule has 0 aliphatic heterocycles. The second-order valence-corrected chi connectivity index (χ2v) is 7.49. The predicted octanol–water partition coefficient (Wildman–Crippen LogP) is 2.69. The number of hydrogen-bond donors (Lipinski definition) is 1. The molecular formula is C16H25NO2S. The molecule has 0 radical (unpaired) electrons. The second-order valence-electron chi connectivity index (χ2n) is 5.69. The van der Waals surface area contributed by atoms with Gasteiger partial charge in [0.2, 0.25) is 0 Å². The Balaban J connectivity index is 1.67. The first-order valence-corrected chi connectivity index (χ1v) is 8.92. The van der Waals surface area contributed by atoms with Crippen molar-refractivity contribution in [2.45, 2.75) is 43.4 Å². The molecule has 2 atom stereocenters. The van der Waals surface area contributed by atoms with Gasteiger partial charge < -0.3 is 10.1 Å². The van der Waals surface area contributed by atoms with Crippen molar-refractivity contribution in [3.05, 3.63) is 29.8 Å². The number of ether oxygens (including phenoxy) is 1. The molecule has 0 saturated heterocycles. The zero-order valence-corrected chi connectivity index (χ0v) is 13.4. The summed E-state index contributed by atoms with van der Waals surface area (Å²) in [5.41, 5.74) is 1.41. The van der Waals surface area contributed by atoms with Gasteiger partial charge in [-0.1, -0.05) is 19.1 Å². The van der Waals surface area contributed by atoms with Crippen molar-refractivity contribution in [1.82, 2.24) is 5.32 Å². The quantitative estimate of drug-likeness (QED) is 0.840. The maximum absolute atomic E-state index is 11.3. The number of hydrogen-bond acceptors (Lipinski definition) is 3. The van der Waals surface area contributed by atoms with Crippen molar-refractivity contribution in [3.8, 4) is 5.75 Å². The van der Waals surface area contributed by atoms with Gasteiger partial charge in [-0.2, -0.15) is 0 Å². The zero-order chi connectivity index (χ0) is 14.5. The van der Waals surface area contributed by atoms with Crippen LogP contribution < -0.4 is 10.1 Å². The Morgan fingerprint density at radius 2 is 2.00 bits per heavy atom. The van der Waals surface area contributed by atoms with Crippen LogP contribution in [0.4, 0.5) is 0 Å². The molecule has 2 rings (SSSR count).